The molecular formula is C16H11F2N3. The molecule has 5 heteroatoms. The molecule has 3 rings (SSSR count). The minimum absolute atomic E-state index is 0.467. The first-order valence-corrected chi connectivity index (χ1v) is 6.27. The number of nitrogens with two attached hydrogens (primary N) is 1. The predicted molar refractivity (Wildman–Crippen MR) is 77.2 cm³/mol. The quantitative estimate of drug-likeness (QED) is 0.730. The normalized spacial score (nSPS) is 10.6. The Morgan fingerprint density at radius 2 is 1.29 bits per heavy atom. The third-order valence-electron chi connectivity index (χ3n) is 3.08. The van der Waals surface area contributed by atoms with Gasteiger partial charge in [0.15, 0.2) is 11.6 Å². The summed E-state index contributed by atoms with van der Waals surface area (Å²) in [5.41, 5.74) is 8.64. The largest absolute Gasteiger partial charge is 0.399 e. The Hall–Kier alpha value is -2.82. The van der Waals surface area contributed by atoms with Crippen molar-refractivity contribution in [2.75, 3.05) is 5.73 Å². The average molecular weight is 283 g/mol. The van der Waals surface area contributed by atoms with Crippen LogP contribution in [0.2, 0.25) is 0 Å². The van der Waals surface area contributed by atoms with Gasteiger partial charge < -0.3 is 5.73 Å². The fourth-order valence-electron chi connectivity index (χ4n) is 2.04. The van der Waals surface area contributed by atoms with E-state index in [-0.39, 0.29) is 0 Å². The number of rotatable bonds is 2. The van der Waals surface area contributed by atoms with Crippen molar-refractivity contribution in [3.8, 4) is 22.5 Å². The summed E-state index contributed by atoms with van der Waals surface area (Å²) in [6, 6.07) is 10.8. The van der Waals surface area contributed by atoms with E-state index in [2.05, 4.69) is 9.97 Å². The molecule has 0 bridgehead atoms. The van der Waals surface area contributed by atoms with Crippen LogP contribution < -0.4 is 5.73 Å². The third-order valence-corrected chi connectivity index (χ3v) is 3.08. The molecule has 0 unspecified atom stereocenters. The molecule has 0 fully saturated rings. The minimum Gasteiger partial charge on any atom is -0.399 e. The van der Waals surface area contributed by atoms with Crippen LogP contribution in [0.1, 0.15) is 0 Å². The van der Waals surface area contributed by atoms with Crippen LogP contribution in [-0.4, -0.2) is 9.97 Å². The first kappa shape index (κ1) is 13.2. The number of halogens is 2. The van der Waals surface area contributed by atoms with Crippen molar-refractivity contribution < 1.29 is 8.78 Å². The summed E-state index contributed by atoms with van der Waals surface area (Å²) in [4.78, 5) is 8.52. The topological polar surface area (TPSA) is 51.8 Å². The van der Waals surface area contributed by atoms with Crippen LogP contribution in [0.5, 0.6) is 0 Å². The molecular weight excluding hydrogens is 272 g/mol. The minimum atomic E-state index is -0.915. The highest BCUT2D eigenvalue weighted by Gasteiger charge is 2.12. The third kappa shape index (κ3) is 2.58. The van der Waals surface area contributed by atoms with Crippen molar-refractivity contribution in [1.82, 2.24) is 9.97 Å². The Morgan fingerprint density at radius 3 is 1.90 bits per heavy atom. The van der Waals surface area contributed by atoms with Crippen LogP contribution in [0.4, 0.5) is 14.5 Å². The summed E-state index contributed by atoms with van der Waals surface area (Å²) in [6.07, 6.45) is 3.06. The highest BCUT2D eigenvalue weighted by atomic mass is 19.2. The highest BCUT2D eigenvalue weighted by Crippen LogP contribution is 2.29. The van der Waals surface area contributed by atoms with Gasteiger partial charge in [0, 0.05) is 29.2 Å². The van der Waals surface area contributed by atoms with E-state index in [0.717, 1.165) is 17.7 Å². The lowest BCUT2D eigenvalue weighted by Crippen LogP contribution is -1.94. The highest BCUT2D eigenvalue weighted by molar-refractivity contribution is 5.78. The zero-order valence-electron chi connectivity index (χ0n) is 10.9. The van der Waals surface area contributed by atoms with Crippen molar-refractivity contribution in [2.24, 2.45) is 0 Å². The average Bonchev–Trinajstić information content (AvgIpc) is 2.51. The lowest BCUT2D eigenvalue weighted by Gasteiger charge is -2.08. The standard InChI is InChI=1S/C16H11F2N3/c17-13-6-3-11(9-14(13)18)16-15(20-7-8-21-16)10-1-4-12(19)5-2-10/h1-9H,19H2. The molecule has 0 radical (unpaired) electrons. The first-order valence-electron chi connectivity index (χ1n) is 6.27. The Balaban J connectivity index is 2.15. The predicted octanol–water partition coefficient (Wildman–Crippen LogP) is 3.67. The van der Waals surface area contributed by atoms with Gasteiger partial charge in [-0.25, -0.2) is 8.78 Å². The molecule has 2 aromatic carbocycles. The monoisotopic (exact) mass is 283 g/mol. The number of hydrogen-bond donors (Lipinski definition) is 1. The molecule has 0 saturated carbocycles. The molecule has 2 N–H and O–H groups in total. The Bertz CT molecular complexity index is 786. The van der Waals surface area contributed by atoms with E-state index in [4.69, 9.17) is 5.73 Å². The Labute approximate surface area is 120 Å². The molecule has 0 saturated heterocycles. The molecule has 0 aliphatic carbocycles. The number of aromatic nitrogens is 2. The molecule has 104 valence electrons. The van der Waals surface area contributed by atoms with Crippen molar-refractivity contribution >= 4 is 5.69 Å². The van der Waals surface area contributed by atoms with E-state index in [9.17, 15) is 8.78 Å². The van der Waals surface area contributed by atoms with Crippen molar-refractivity contribution in [1.29, 1.82) is 0 Å². The molecule has 1 heterocycles. The van der Waals surface area contributed by atoms with Gasteiger partial charge in [-0.15, -0.1) is 0 Å². The zero-order chi connectivity index (χ0) is 14.8. The fraction of sp³-hybridized carbons (Fsp3) is 0. The number of benzene rings is 2. The maximum absolute atomic E-state index is 13.4. The van der Waals surface area contributed by atoms with Crippen LogP contribution in [0.3, 0.4) is 0 Å². The van der Waals surface area contributed by atoms with Gasteiger partial charge >= 0.3 is 0 Å². The molecule has 0 amide bonds. The van der Waals surface area contributed by atoms with Crippen LogP contribution >= 0.6 is 0 Å². The van der Waals surface area contributed by atoms with Gasteiger partial charge in [0.25, 0.3) is 0 Å². The fourth-order valence-corrected chi connectivity index (χ4v) is 2.04. The van der Waals surface area contributed by atoms with Crippen LogP contribution in [0.25, 0.3) is 22.5 Å². The summed E-state index contributed by atoms with van der Waals surface area (Å²) in [7, 11) is 0. The van der Waals surface area contributed by atoms with E-state index in [0.29, 0.717) is 22.6 Å². The van der Waals surface area contributed by atoms with Gasteiger partial charge in [-0.2, -0.15) is 0 Å². The van der Waals surface area contributed by atoms with Gasteiger partial charge in [-0.05, 0) is 30.3 Å². The number of nitrogen functional groups attached to an aromatic ring is 1. The van der Waals surface area contributed by atoms with Crippen LogP contribution in [0.15, 0.2) is 54.9 Å². The molecule has 3 aromatic rings. The van der Waals surface area contributed by atoms with Gasteiger partial charge in [-0.3, -0.25) is 9.97 Å². The molecule has 3 nitrogen and oxygen atoms in total. The molecule has 0 aliphatic rings. The molecule has 0 spiro atoms. The Morgan fingerprint density at radius 1 is 0.714 bits per heavy atom. The summed E-state index contributed by atoms with van der Waals surface area (Å²) in [5.74, 6) is -1.81. The van der Waals surface area contributed by atoms with Crippen molar-refractivity contribution in [3.05, 3.63) is 66.5 Å². The zero-order valence-corrected chi connectivity index (χ0v) is 10.9. The number of nitrogens with zero attached hydrogens (tertiary/aromatic N) is 2. The lowest BCUT2D eigenvalue weighted by molar-refractivity contribution is 0.509. The molecule has 21 heavy (non-hydrogen) atoms. The molecule has 1 aromatic heterocycles. The van der Waals surface area contributed by atoms with Crippen LogP contribution in [0, 0.1) is 11.6 Å². The first-order chi connectivity index (χ1) is 10.1. The van der Waals surface area contributed by atoms with Crippen LogP contribution in [-0.2, 0) is 0 Å². The number of hydrogen-bond acceptors (Lipinski definition) is 3. The molecule has 0 aliphatic heterocycles. The van der Waals surface area contributed by atoms with E-state index in [1.54, 1.807) is 18.3 Å². The van der Waals surface area contributed by atoms with Crippen molar-refractivity contribution in [3.63, 3.8) is 0 Å². The smallest absolute Gasteiger partial charge is 0.159 e. The van der Waals surface area contributed by atoms with Gasteiger partial charge in [-0.1, -0.05) is 12.1 Å². The summed E-state index contributed by atoms with van der Waals surface area (Å²) in [6.45, 7) is 0. The van der Waals surface area contributed by atoms with E-state index in [1.165, 1.54) is 12.3 Å². The number of anilines is 1. The van der Waals surface area contributed by atoms with Crippen molar-refractivity contribution in [2.45, 2.75) is 0 Å². The summed E-state index contributed by atoms with van der Waals surface area (Å²) in [5, 5.41) is 0. The second-order valence-corrected chi connectivity index (χ2v) is 4.50. The molecule has 0 atom stereocenters. The maximum Gasteiger partial charge on any atom is 0.159 e. The lowest BCUT2D eigenvalue weighted by atomic mass is 10.0. The SMILES string of the molecule is Nc1ccc(-c2nccnc2-c2ccc(F)c(F)c2)cc1. The van der Waals surface area contributed by atoms with Gasteiger partial charge in [0.1, 0.15) is 0 Å². The van der Waals surface area contributed by atoms with Gasteiger partial charge in [0.2, 0.25) is 0 Å². The summed E-state index contributed by atoms with van der Waals surface area (Å²) >= 11 is 0. The maximum atomic E-state index is 13.4. The summed E-state index contributed by atoms with van der Waals surface area (Å²) < 4.78 is 26.5. The second kappa shape index (κ2) is 5.28. The Kier molecular flexibility index (Phi) is 3.31. The van der Waals surface area contributed by atoms with E-state index >= 15 is 0 Å². The second-order valence-electron chi connectivity index (χ2n) is 4.50. The van der Waals surface area contributed by atoms with E-state index < -0.39 is 11.6 Å². The van der Waals surface area contributed by atoms with Gasteiger partial charge in [0.05, 0.1) is 11.4 Å². The van der Waals surface area contributed by atoms with E-state index in [1.807, 2.05) is 12.1 Å².